The molecule has 2 saturated carbocycles. The van der Waals surface area contributed by atoms with Crippen LogP contribution in [0.3, 0.4) is 0 Å². The van der Waals surface area contributed by atoms with E-state index in [0.717, 1.165) is 30.5 Å². The second-order valence-electron chi connectivity index (χ2n) is 5.90. The second-order valence-corrected chi connectivity index (χ2v) is 5.90. The minimum atomic E-state index is -0.889. The van der Waals surface area contributed by atoms with Crippen LogP contribution in [0, 0.1) is 11.8 Å². The van der Waals surface area contributed by atoms with E-state index in [9.17, 15) is 4.79 Å². The van der Waals surface area contributed by atoms with Crippen LogP contribution in [0.4, 0.5) is 0 Å². The Morgan fingerprint density at radius 3 is 2.79 bits per heavy atom. The summed E-state index contributed by atoms with van der Waals surface area (Å²) in [5, 5.41) is 20.4. The van der Waals surface area contributed by atoms with Crippen molar-refractivity contribution in [3.05, 3.63) is 5.82 Å². The van der Waals surface area contributed by atoms with Crippen LogP contribution in [-0.2, 0) is 11.3 Å². The van der Waals surface area contributed by atoms with Crippen molar-refractivity contribution in [1.29, 1.82) is 0 Å². The number of fused-ring (bicyclic) bond motifs is 1. The maximum Gasteiger partial charge on any atom is 0.325 e. The Morgan fingerprint density at radius 2 is 2.00 bits per heavy atom. The van der Waals surface area contributed by atoms with Crippen molar-refractivity contribution in [1.82, 2.24) is 20.2 Å². The fourth-order valence-corrected chi connectivity index (χ4v) is 3.85. The molecule has 0 spiro atoms. The minimum absolute atomic E-state index is 0.132. The molecule has 3 rings (SSSR count). The van der Waals surface area contributed by atoms with Crippen LogP contribution in [0.5, 0.6) is 0 Å². The van der Waals surface area contributed by atoms with Gasteiger partial charge in [-0.3, -0.25) is 4.79 Å². The predicted molar refractivity (Wildman–Crippen MR) is 67.5 cm³/mol. The van der Waals surface area contributed by atoms with Crippen LogP contribution < -0.4 is 0 Å². The molecule has 0 bridgehead atoms. The Balaban J connectivity index is 1.72. The Labute approximate surface area is 112 Å². The van der Waals surface area contributed by atoms with E-state index in [-0.39, 0.29) is 6.54 Å². The molecule has 1 aromatic heterocycles. The van der Waals surface area contributed by atoms with Gasteiger partial charge in [-0.25, -0.2) is 4.68 Å². The number of nitrogens with zero attached hydrogens (tertiary/aromatic N) is 4. The number of carboxylic acids is 1. The van der Waals surface area contributed by atoms with Crippen molar-refractivity contribution in [2.75, 3.05) is 0 Å². The lowest BCUT2D eigenvalue weighted by atomic mass is 9.67. The van der Waals surface area contributed by atoms with Gasteiger partial charge in [-0.05, 0) is 41.5 Å². The third-order valence-electron chi connectivity index (χ3n) is 4.75. The highest BCUT2D eigenvalue weighted by Gasteiger charge is 2.34. The van der Waals surface area contributed by atoms with E-state index in [1.807, 2.05) is 0 Å². The zero-order chi connectivity index (χ0) is 13.2. The normalized spacial score (nSPS) is 30.8. The highest BCUT2D eigenvalue weighted by Crippen LogP contribution is 2.45. The fraction of sp³-hybridized carbons (Fsp3) is 0.846. The maximum atomic E-state index is 10.8. The van der Waals surface area contributed by atoms with Gasteiger partial charge in [-0.1, -0.05) is 25.7 Å². The van der Waals surface area contributed by atoms with Gasteiger partial charge in [0.05, 0.1) is 0 Å². The summed E-state index contributed by atoms with van der Waals surface area (Å²) in [4.78, 5) is 10.8. The van der Waals surface area contributed by atoms with Gasteiger partial charge in [0.1, 0.15) is 6.54 Å². The summed E-state index contributed by atoms with van der Waals surface area (Å²) >= 11 is 0. The summed E-state index contributed by atoms with van der Waals surface area (Å²) < 4.78 is 1.45. The number of rotatable bonds is 3. The van der Waals surface area contributed by atoms with Crippen LogP contribution in [-0.4, -0.2) is 31.3 Å². The molecule has 0 radical (unpaired) electrons. The zero-order valence-electron chi connectivity index (χ0n) is 11.0. The number of carboxylic acid groups (broad SMARTS) is 1. The molecule has 2 fully saturated rings. The highest BCUT2D eigenvalue weighted by atomic mass is 16.4. The van der Waals surface area contributed by atoms with Crippen molar-refractivity contribution >= 4 is 5.97 Å². The summed E-state index contributed by atoms with van der Waals surface area (Å²) in [6.45, 7) is -0.132. The van der Waals surface area contributed by atoms with E-state index < -0.39 is 5.97 Å². The van der Waals surface area contributed by atoms with E-state index in [4.69, 9.17) is 5.11 Å². The van der Waals surface area contributed by atoms with E-state index >= 15 is 0 Å². The SMILES string of the molecule is O=C(O)Cn1nnnc1C1CCC2CCCCC2C1. The van der Waals surface area contributed by atoms with Crippen LogP contribution in [0.25, 0.3) is 0 Å². The monoisotopic (exact) mass is 264 g/mol. The fourth-order valence-electron chi connectivity index (χ4n) is 3.85. The second kappa shape index (κ2) is 5.27. The smallest absolute Gasteiger partial charge is 0.325 e. The number of carbonyl (C=O) groups is 1. The number of hydrogen-bond donors (Lipinski definition) is 1. The van der Waals surface area contributed by atoms with Crippen molar-refractivity contribution in [2.24, 2.45) is 11.8 Å². The molecule has 1 heterocycles. The van der Waals surface area contributed by atoms with Gasteiger partial charge < -0.3 is 5.11 Å². The van der Waals surface area contributed by atoms with Gasteiger partial charge in [-0.15, -0.1) is 5.10 Å². The first-order chi connectivity index (χ1) is 9.24. The van der Waals surface area contributed by atoms with Gasteiger partial charge >= 0.3 is 5.97 Å². The molecular weight excluding hydrogens is 244 g/mol. The van der Waals surface area contributed by atoms with Crippen LogP contribution >= 0.6 is 0 Å². The molecule has 1 N–H and O–H groups in total. The van der Waals surface area contributed by atoms with E-state index in [1.165, 1.54) is 36.8 Å². The first kappa shape index (κ1) is 12.6. The summed E-state index contributed by atoms with van der Waals surface area (Å²) in [5.74, 6) is 1.90. The highest BCUT2D eigenvalue weighted by molar-refractivity contribution is 5.66. The minimum Gasteiger partial charge on any atom is -0.480 e. The van der Waals surface area contributed by atoms with Crippen molar-refractivity contribution < 1.29 is 9.90 Å². The molecule has 0 amide bonds. The predicted octanol–water partition coefficient (Wildman–Crippen LogP) is 1.83. The molecule has 3 unspecified atom stereocenters. The standard InChI is InChI=1S/C13H20N4O2/c18-12(19)8-17-13(14-15-16-17)11-6-5-9-3-1-2-4-10(9)7-11/h9-11H,1-8H2,(H,18,19). The van der Waals surface area contributed by atoms with E-state index in [1.54, 1.807) is 0 Å². The van der Waals surface area contributed by atoms with Gasteiger partial charge in [0, 0.05) is 5.92 Å². The van der Waals surface area contributed by atoms with Crippen LogP contribution in [0.1, 0.15) is 56.7 Å². The molecule has 0 saturated heterocycles. The molecule has 6 nitrogen and oxygen atoms in total. The average molecular weight is 264 g/mol. The lowest BCUT2D eigenvalue weighted by Gasteiger charge is -2.38. The third kappa shape index (κ3) is 2.62. The Hall–Kier alpha value is -1.46. The zero-order valence-corrected chi connectivity index (χ0v) is 11.0. The summed E-state index contributed by atoms with van der Waals surface area (Å²) in [5.41, 5.74) is 0. The molecule has 1 aromatic rings. The number of aliphatic carboxylic acids is 1. The number of tetrazole rings is 1. The molecule has 2 aliphatic rings. The molecule has 19 heavy (non-hydrogen) atoms. The quantitative estimate of drug-likeness (QED) is 0.900. The number of aromatic nitrogens is 4. The number of hydrogen-bond acceptors (Lipinski definition) is 4. The first-order valence-corrected chi connectivity index (χ1v) is 7.22. The molecule has 0 aliphatic heterocycles. The summed E-state index contributed by atoms with van der Waals surface area (Å²) in [6.07, 6.45) is 8.89. The van der Waals surface area contributed by atoms with Gasteiger partial charge in [0.15, 0.2) is 5.82 Å². The van der Waals surface area contributed by atoms with E-state index in [0.29, 0.717) is 5.92 Å². The van der Waals surface area contributed by atoms with Gasteiger partial charge in [0.2, 0.25) is 0 Å². The lowest BCUT2D eigenvalue weighted by molar-refractivity contribution is -0.138. The third-order valence-corrected chi connectivity index (χ3v) is 4.75. The van der Waals surface area contributed by atoms with Crippen LogP contribution in [0.2, 0.25) is 0 Å². The van der Waals surface area contributed by atoms with Crippen molar-refractivity contribution in [3.8, 4) is 0 Å². The van der Waals surface area contributed by atoms with E-state index in [2.05, 4.69) is 15.5 Å². The maximum absolute atomic E-state index is 10.8. The van der Waals surface area contributed by atoms with Gasteiger partial charge in [0.25, 0.3) is 0 Å². The largest absolute Gasteiger partial charge is 0.480 e. The molecule has 2 aliphatic carbocycles. The average Bonchev–Trinajstić information content (AvgIpc) is 2.85. The molecule has 3 atom stereocenters. The van der Waals surface area contributed by atoms with Crippen molar-refractivity contribution in [3.63, 3.8) is 0 Å². The summed E-state index contributed by atoms with van der Waals surface area (Å²) in [6, 6.07) is 0. The summed E-state index contributed by atoms with van der Waals surface area (Å²) in [7, 11) is 0. The lowest BCUT2D eigenvalue weighted by Crippen LogP contribution is -2.28. The molecule has 6 heteroatoms. The van der Waals surface area contributed by atoms with Crippen molar-refractivity contribution in [2.45, 2.75) is 57.4 Å². The molecule has 104 valence electrons. The molecule has 0 aromatic carbocycles. The van der Waals surface area contributed by atoms with Gasteiger partial charge in [-0.2, -0.15) is 0 Å². The first-order valence-electron chi connectivity index (χ1n) is 7.22. The topological polar surface area (TPSA) is 80.9 Å². The molecular formula is C13H20N4O2. The Bertz CT molecular complexity index is 459. The Morgan fingerprint density at radius 1 is 1.21 bits per heavy atom. The Kier molecular flexibility index (Phi) is 3.48. The van der Waals surface area contributed by atoms with Crippen LogP contribution in [0.15, 0.2) is 0 Å².